The van der Waals surface area contributed by atoms with Crippen LogP contribution in [0.2, 0.25) is 0 Å². The number of methoxy groups -OCH3 is 1. The van der Waals surface area contributed by atoms with Crippen LogP contribution < -0.4 is 15.8 Å². The number of nitrogens with two attached hydrogens (primary N) is 1. The summed E-state index contributed by atoms with van der Waals surface area (Å²) in [6.45, 7) is 6.81. The summed E-state index contributed by atoms with van der Waals surface area (Å²) in [6.07, 6.45) is -0.419. The lowest BCUT2D eigenvalue weighted by Gasteiger charge is -2.30. The van der Waals surface area contributed by atoms with Crippen molar-refractivity contribution >= 4 is 6.09 Å². The molecule has 1 rings (SSSR count). The molecule has 0 aliphatic carbocycles. The maximum Gasteiger partial charge on any atom is 0.407 e. The van der Waals surface area contributed by atoms with Crippen molar-refractivity contribution in [3.63, 3.8) is 0 Å². The van der Waals surface area contributed by atoms with Crippen LogP contribution in [0.25, 0.3) is 0 Å². The van der Waals surface area contributed by atoms with Crippen LogP contribution in [0.15, 0.2) is 24.3 Å². The average molecular weight is 294 g/mol. The van der Waals surface area contributed by atoms with Crippen LogP contribution in [0.4, 0.5) is 4.79 Å². The molecule has 1 aromatic rings. The molecule has 0 unspecified atom stereocenters. The molecule has 2 atom stereocenters. The summed E-state index contributed by atoms with van der Waals surface area (Å²) in [5.74, 6) is 1.24. The molecule has 1 amide bonds. The summed E-state index contributed by atoms with van der Waals surface area (Å²) >= 11 is 0. The maximum absolute atomic E-state index is 11.8. The highest BCUT2D eigenvalue weighted by Gasteiger charge is 2.27. The lowest BCUT2D eigenvalue weighted by Crippen LogP contribution is -2.39. The first-order valence-corrected chi connectivity index (χ1v) is 7.30. The molecule has 0 spiro atoms. The Balaban J connectivity index is 3.01. The highest BCUT2D eigenvalue weighted by Crippen LogP contribution is 2.28. The number of carbonyl (C=O) groups excluding carboxylic acids is 1. The van der Waals surface area contributed by atoms with Gasteiger partial charge in [0.2, 0.25) is 0 Å². The third-order valence-electron chi connectivity index (χ3n) is 3.58. The van der Waals surface area contributed by atoms with E-state index in [0.717, 1.165) is 11.3 Å². The molecule has 0 radical (unpaired) electrons. The van der Waals surface area contributed by atoms with E-state index in [-0.39, 0.29) is 12.0 Å². The molecular weight excluding hydrogens is 268 g/mol. The predicted octanol–water partition coefficient (Wildman–Crippen LogP) is 2.71. The fourth-order valence-corrected chi connectivity index (χ4v) is 2.34. The van der Waals surface area contributed by atoms with Crippen LogP contribution in [0, 0.1) is 11.8 Å². The molecule has 0 aliphatic rings. The van der Waals surface area contributed by atoms with Gasteiger partial charge in [0, 0.05) is 0 Å². The fraction of sp³-hybridized carbons (Fsp3) is 0.562. The third kappa shape index (κ3) is 4.93. The van der Waals surface area contributed by atoms with E-state index in [1.54, 1.807) is 14.0 Å². The standard InChI is InChI=1S/C16H26N2O3/c1-5-21-16(19)18-15(14(10-17)11(2)3)12-6-8-13(20-4)9-7-12/h6-9,11,14-15H,5,10,17H2,1-4H3,(H,18,19)/t14-,15-/m0/s1. The molecule has 5 nitrogen and oxygen atoms in total. The molecular formula is C16H26N2O3. The zero-order chi connectivity index (χ0) is 15.8. The Morgan fingerprint density at radius 2 is 1.90 bits per heavy atom. The Labute approximate surface area is 126 Å². The number of hydrogen-bond donors (Lipinski definition) is 2. The minimum atomic E-state index is -0.419. The van der Waals surface area contributed by atoms with Crippen LogP contribution in [0.1, 0.15) is 32.4 Å². The number of alkyl carbamates (subject to hydrolysis) is 1. The van der Waals surface area contributed by atoms with Gasteiger partial charge in [-0.2, -0.15) is 0 Å². The quantitative estimate of drug-likeness (QED) is 0.811. The van der Waals surface area contributed by atoms with Crippen molar-refractivity contribution in [1.29, 1.82) is 0 Å². The minimum absolute atomic E-state index is 0.128. The zero-order valence-electron chi connectivity index (χ0n) is 13.3. The maximum atomic E-state index is 11.8. The Kier molecular flexibility index (Phi) is 7.02. The van der Waals surface area contributed by atoms with Crippen molar-refractivity contribution in [2.24, 2.45) is 17.6 Å². The van der Waals surface area contributed by atoms with Gasteiger partial charge in [0.25, 0.3) is 0 Å². The molecule has 3 N–H and O–H groups in total. The van der Waals surface area contributed by atoms with Gasteiger partial charge in [-0.1, -0.05) is 26.0 Å². The smallest absolute Gasteiger partial charge is 0.407 e. The van der Waals surface area contributed by atoms with Crippen LogP contribution in [0.3, 0.4) is 0 Å². The summed E-state index contributed by atoms with van der Waals surface area (Å²) < 4.78 is 10.2. The minimum Gasteiger partial charge on any atom is -0.497 e. The molecule has 0 heterocycles. The molecule has 0 saturated heterocycles. The monoisotopic (exact) mass is 294 g/mol. The van der Waals surface area contributed by atoms with Crippen LogP contribution in [-0.4, -0.2) is 26.4 Å². The second-order valence-electron chi connectivity index (χ2n) is 5.26. The number of nitrogens with one attached hydrogen (secondary N) is 1. The van der Waals surface area contributed by atoms with E-state index in [4.69, 9.17) is 15.2 Å². The van der Waals surface area contributed by atoms with Gasteiger partial charge >= 0.3 is 6.09 Å². The largest absolute Gasteiger partial charge is 0.497 e. The van der Waals surface area contributed by atoms with Gasteiger partial charge in [-0.25, -0.2) is 4.79 Å². The second kappa shape index (κ2) is 8.52. The third-order valence-corrected chi connectivity index (χ3v) is 3.58. The number of amides is 1. The fourth-order valence-electron chi connectivity index (χ4n) is 2.34. The molecule has 5 heteroatoms. The number of ether oxygens (including phenoxy) is 2. The number of hydrogen-bond acceptors (Lipinski definition) is 4. The normalized spacial score (nSPS) is 13.6. The molecule has 21 heavy (non-hydrogen) atoms. The topological polar surface area (TPSA) is 73.6 Å². The van der Waals surface area contributed by atoms with E-state index in [0.29, 0.717) is 19.1 Å². The van der Waals surface area contributed by atoms with Crippen LogP contribution >= 0.6 is 0 Å². The molecule has 0 saturated carbocycles. The first-order valence-electron chi connectivity index (χ1n) is 7.30. The number of rotatable bonds is 7. The van der Waals surface area contributed by atoms with Crippen molar-refractivity contribution in [1.82, 2.24) is 5.32 Å². The van der Waals surface area contributed by atoms with Crippen molar-refractivity contribution in [3.8, 4) is 5.75 Å². The summed E-state index contributed by atoms with van der Waals surface area (Å²) in [7, 11) is 1.63. The van der Waals surface area contributed by atoms with Gasteiger partial charge in [0.1, 0.15) is 5.75 Å². The molecule has 0 aromatic heterocycles. The van der Waals surface area contributed by atoms with E-state index in [2.05, 4.69) is 19.2 Å². The number of carbonyl (C=O) groups is 1. The Hall–Kier alpha value is -1.75. The van der Waals surface area contributed by atoms with Crippen molar-refractivity contribution in [3.05, 3.63) is 29.8 Å². The van der Waals surface area contributed by atoms with Crippen molar-refractivity contribution in [2.75, 3.05) is 20.3 Å². The first kappa shape index (κ1) is 17.3. The lowest BCUT2D eigenvalue weighted by molar-refractivity contribution is 0.140. The lowest BCUT2D eigenvalue weighted by atomic mass is 9.84. The SMILES string of the molecule is CCOC(=O)N[C@@H](c1ccc(OC)cc1)[C@@H](CN)C(C)C. The molecule has 0 fully saturated rings. The van der Waals surface area contributed by atoms with Gasteiger partial charge in [-0.05, 0) is 43.0 Å². The molecule has 118 valence electrons. The van der Waals surface area contributed by atoms with Gasteiger partial charge in [0.15, 0.2) is 0 Å². The second-order valence-corrected chi connectivity index (χ2v) is 5.26. The summed E-state index contributed by atoms with van der Waals surface area (Å²) in [5.41, 5.74) is 6.89. The van der Waals surface area contributed by atoms with Crippen LogP contribution in [0.5, 0.6) is 5.75 Å². The van der Waals surface area contributed by atoms with Gasteiger partial charge in [-0.3, -0.25) is 0 Å². The summed E-state index contributed by atoms with van der Waals surface area (Å²) in [4.78, 5) is 11.8. The predicted molar refractivity (Wildman–Crippen MR) is 83.3 cm³/mol. The van der Waals surface area contributed by atoms with E-state index < -0.39 is 6.09 Å². The molecule has 1 aromatic carbocycles. The van der Waals surface area contributed by atoms with Gasteiger partial charge in [0.05, 0.1) is 19.8 Å². The van der Waals surface area contributed by atoms with Gasteiger partial charge in [-0.15, -0.1) is 0 Å². The highest BCUT2D eigenvalue weighted by atomic mass is 16.5. The molecule has 0 aliphatic heterocycles. The van der Waals surface area contributed by atoms with Gasteiger partial charge < -0.3 is 20.5 Å². The van der Waals surface area contributed by atoms with E-state index in [1.807, 2.05) is 24.3 Å². The Morgan fingerprint density at radius 1 is 1.29 bits per heavy atom. The van der Waals surface area contributed by atoms with E-state index in [1.165, 1.54) is 0 Å². The highest BCUT2D eigenvalue weighted by molar-refractivity contribution is 5.68. The van der Waals surface area contributed by atoms with E-state index in [9.17, 15) is 4.79 Å². The zero-order valence-corrected chi connectivity index (χ0v) is 13.3. The number of benzene rings is 1. The van der Waals surface area contributed by atoms with Crippen molar-refractivity contribution < 1.29 is 14.3 Å². The van der Waals surface area contributed by atoms with E-state index >= 15 is 0 Å². The first-order chi connectivity index (χ1) is 10.0. The molecule has 0 bridgehead atoms. The Bertz CT molecular complexity index is 432. The summed E-state index contributed by atoms with van der Waals surface area (Å²) in [6, 6.07) is 7.47. The Morgan fingerprint density at radius 3 is 2.33 bits per heavy atom. The van der Waals surface area contributed by atoms with Crippen molar-refractivity contribution in [2.45, 2.75) is 26.8 Å². The summed E-state index contributed by atoms with van der Waals surface area (Å²) in [5, 5.41) is 2.92. The van der Waals surface area contributed by atoms with Crippen LogP contribution in [-0.2, 0) is 4.74 Å². The average Bonchev–Trinajstić information content (AvgIpc) is 2.47.